The lowest BCUT2D eigenvalue weighted by molar-refractivity contribution is 0.668. The van der Waals surface area contributed by atoms with Gasteiger partial charge < -0.3 is 18.4 Å². The van der Waals surface area contributed by atoms with E-state index in [0.717, 1.165) is 75.2 Å². The molecule has 0 unspecified atom stereocenters. The number of furan rings is 2. The Morgan fingerprint density at radius 2 is 0.919 bits per heavy atom. The highest BCUT2D eigenvalue weighted by atomic mass is 79.9. The van der Waals surface area contributed by atoms with E-state index < -0.39 is 0 Å². The van der Waals surface area contributed by atoms with Crippen LogP contribution in [-0.2, 0) is 0 Å². The van der Waals surface area contributed by atoms with E-state index in [4.69, 9.17) is 32.0 Å². The van der Waals surface area contributed by atoms with E-state index in [1.807, 2.05) is 103 Å². The van der Waals surface area contributed by atoms with E-state index >= 15 is 0 Å². The van der Waals surface area contributed by atoms with Crippen LogP contribution in [0.25, 0.3) is 93.2 Å². The number of fused-ring (bicyclic) bond motifs is 12. The summed E-state index contributed by atoms with van der Waals surface area (Å²) in [5.41, 5.74) is 10.6. The molecule has 1 N–H and O–H groups in total. The molecule has 4 nitrogen and oxygen atoms in total. The molecule has 13 rings (SSSR count). The molecule has 9 aromatic carbocycles. The van der Waals surface area contributed by atoms with E-state index in [9.17, 15) is 0 Å². The molecule has 0 amide bonds. The number of aryl methyl sites for hydroxylation is 1. The van der Waals surface area contributed by atoms with Gasteiger partial charge in [-0.2, -0.15) is 0 Å². The molecule has 0 aliphatic heterocycles. The van der Waals surface area contributed by atoms with Crippen molar-refractivity contribution in [1.82, 2.24) is 9.55 Å². The molecule has 0 spiro atoms. The molecule has 4 aromatic heterocycles. The molecule has 0 aliphatic rings. The third-order valence-electron chi connectivity index (χ3n) is 11.0. The molecule has 0 fully saturated rings. The minimum absolute atomic E-state index is 0.737. The number of rotatable bonds is 1. The predicted octanol–water partition coefficient (Wildman–Crippen LogP) is 17.7. The summed E-state index contributed by atoms with van der Waals surface area (Å²) in [5, 5.41) is 11.0. The van der Waals surface area contributed by atoms with E-state index in [2.05, 4.69) is 129 Å². The van der Waals surface area contributed by atoms with Crippen LogP contribution in [0.3, 0.4) is 0 Å². The summed E-state index contributed by atoms with van der Waals surface area (Å²) in [6.07, 6.45) is 0. The van der Waals surface area contributed by atoms with Crippen LogP contribution in [0.1, 0.15) is 5.56 Å². The van der Waals surface area contributed by atoms with Gasteiger partial charge in [-0.1, -0.05) is 160 Å². The molecule has 0 saturated heterocycles. The van der Waals surface area contributed by atoms with Crippen LogP contribution >= 0.6 is 39.1 Å². The summed E-state index contributed by atoms with van der Waals surface area (Å²) in [4.78, 5) is 3.33. The zero-order valence-corrected chi connectivity index (χ0v) is 36.5. The van der Waals surface area contributed by atoms with Crippen molar-refractivity contribution in [3.05, 3.63) is 220 Å². The Morgan fingerprint density at radius 1 is 0.403 bits per heavy atom. The van der Waals surface area contributed by atoms with Crippen molar-refractivity contribution < 1.29 is 8.83 Å². The van der Waals surface area contributed by atoms with Crippen LogP contribution in [-0.4, -0.2) is 9.55 Å². The first-order valence-corrected chi connectivity index (χ1v) is 21.8. The first kappa shape index (κ1) is 39.4. The van der Waals surface area contributed by atoms with E-state index in [1.54, 1.807) is 0 Å². The van der Waals surface area contributed by atoms with Crippen LogP contribution in [0, 0.1) is 6.92 Å². The molecule has 62 heavy (non-hydrogen) atoms. The van der Waals surface area contributed by atoms with Crippen molar-refractivity contribution in [1.29, 1.82) is 0 Å². The van der Waals surface area contributed by atoms with Gasteiger partial charge in [-0.15, -0.1) is 0 Å². The summed E-state index contributed by atoms with van der Waals surface area (Å²) in [6, 6.07) is 67.7. The number of aromatic nitrogens is 2. The second kappa shape index (κ2) is 16.9. The van der Waals surface area contributed by atoms with Crippen molar-refractivity contribution in [2.24, 2.45) is 0 Å². The van der Waals surface area contributed by atoms with Crippen molar-refractivity contribution >= 4 is 127 Å². The summed E-state index contributed by atoms with van der Waals surface area (Å²) < 4.78 is 15.0. The topological polar surface area (TPSA) is 47.0 Å². The molecule has 0 radical (unpaired) electrons. The number of hydrogen-bond donors (Lipinski definition) is 1. The molecule has 0 atom stereocenters. The third-order valence-corrected chi connectivity index (χ3v) is 12.0. The van der Waals surface area contributed by atoms with Gasteiger partial charge >= 0.3 is 0 Å². The number of nitrogens with one attached hydrogen (secondary N) is 1. The normalized spacial score (nSPS) is 11.2. The largest absolute Gasteiger partial charge is 0.456 e. The number of nitrogens with zero attached hydrogens (tertiary/aromatic N) is 1. The summed E-state index contributed by atoms with van der Waals surface area (Å²) in [5.74, 6) is 0. The molecule has 0 saturated carbocycles. The zero-order valence-electron chi connectivity index (χ0n) is 33.5. The molecule has 0 aliphatic carbocycles. The van der Waals surface area contributed by atoms with Gasteiger partial charge in [-0.05, 0) is 91.9 Å². The van der Waals surface area contributed by atoms with Crippen molar-refractivity contribution in [2.45, 2.75) is 6.92 Å². The number of aromatic amines is 1. The number of H-pyrrole nitrogens is 1. The molecule has 4 heterocycles. The highest BCUT2D eigenvalue weighted by Gasteiger charge is 2.14. The predicted molar refractivity (Wildman–Crippen MR) is 266 cm³/mol. The quantitative estimate of drug-likeness (QED) is 0.178. The highest BCUT2D eigenvalue weighted by molar-refractivity contribution is 9.10. The van der Waals surface area contributed by atoms with Gasteiger partial charge in [0.1, 0.15) is 22.3 Å². The molecular weight excluding hydrogens is 871 g/mol. The average Bonchev–Trinajstić information content (AvgIpc) is 4.05. The van der Waals surface area contributed by atoms with Crippen LogP contribution in [0.15, 0.2) is 213 Å². The maximum absolute atomic E-state index is 6.33. The summed E-state index contributed by atoms with van der Waals surface area (Å²) in [6.45, 7) is 2.08. The molecular formula is C55H37BrCl2N2O2. The summed E-state index contributed by atoms with van der Waals surface area (Å²) in [7, 11) is 0. The average molecular weight is 909 g/mol. The van der Waals surface area contributed by atoms with Gasteiger partial charge in [0.05, 0.1) is 11.0 Å². The Balaban J connectivity index is 0.000000110. The van der Waals surface area contributed by atoms with Crippen LogP contribution in [0.2, 0.25) is 10.0 Å². The number of hydrogen-bond acceptors (Lipinski definition) is 2. The van der Waals surface area contributed by atoms with Crippen LogP contribution in [0.5, 0.6) is 0 Å². The first-order chi connectivity index (χ1) is 30.4. The molecule has 13 aromatic rings. The fourth-order valence-electron chi connectivity index (χ4n) is 8.13. The van der Waals surface area contributed by atoms with E-state index in [0.29, 0.717) is 0 Å². The Hall–Kier alpha value is -6.76. The molecule has 0 bridgehead atoms. The lowest BCUT2D eigenvalue weighted by Crippen LogP contribution is -1.93. The minimum atomic E-state index is 0.737. The van der Waals surface area contributed by atoms with Crippen molar-refractivity contribution in [3.8, 4) is 5.69 Å². The second-order valence-electron chi connectivity index (χ2n) is 15.0. The van der Waals surface area contributed by atoms with E-state index in [-0.39, 0.29) is 0 Å². The number of para-hydroxylation sites is 4. The van der Waals surface area contributed by atoms with Gasteiger partial charge in [0.2, 0.25) is 0 Å². The maximum atomic E-state index is 6.33. The highest BCUT2D eigenvalue weighted by Crippen LogP contribution is 2.36. The van der Waals surface area contributed by atoms with Gasteiger partial charge in [0, 0.05) is 74.3 Å². The van der Waals surface area contributed by atoms with Crippen LogP contribution in [0.4, 0.5) is 0 Å². The fraction of sp³-hybridized carbons (Fsp3) is 0.0182. The van der Waals surface area contributed by atoms with Crippen LogP contribution < -0.4 is 0 Å². The molecule has 300 valence electrons. The second-order valence-corrected chi connectivity index (χ2v) is 16.8. The first-order valence-electron chi connectivity index (χ1n) is 20.2. The Labute approximate surface area is 375 Å². The minimum Gasteiger partial charge on any atom is -0.456 e. The lowest BCUT2D eigenvalue weighted by atomic mass is 10.1. The Kier molecular flexibility index (Phi) is 10.8. The number of halogens is 3. The lowest BCUT2D eigenvalue weighted by Gasteiger charge is -2.08. The smallest absolute Gasteiger partial charge is 0.135 e. The van der Waals surface area contributed by atoms with Crippen molar-refractivity contribution in [2.75, 3.05) is 0 Å². The Morgan fingerprint density at radius 3 is 1.61 bits per heavy atom. The summed E-state index contributed by atoms with van der Waals surface area (Å²) >= 11 is 15.7. The molecule has 7 heteroatoms. The van der Waals surface area contributed by atoms with Gasteiger partial charge in [-0.3, -0.25) is 0 Å². The fourth-order valence-corrected chi connectivity index (χ4v) is 8.83. The standard InChI is InChI=1S/C24H14ClNO.C12H7BrO.C12H8ClN.C7H8/c25-15-9-11-18-17-5-1-3-7-21(17)26(22(18)13-15)16-10-12-24-20(14-16)19-6-2-4-8-23(19)27-24;13-8-5-6-12-10(7-8)9-3-1-2-4-11(9)14-12;13-8-5-6-10-9-3-1-2-4-11(9)14-12(10)7-8;1-7-5-3-2-4-6-7/h1-14H;1-7H;1-7,14H;2-6H,1H3. The van der Waals surface area contributed by atoms with Gasteiger partial charge in [-0.25, -0.2) is 0 Å². The van der Waals surface area contributed by atoms with Gasteiger partial charge in [0.25, 0.3) is 0 Å². The van der Waals surface area contributed by atoms with Crippen molar-refractivity contribution in [3.63, 3.8) is 0 Å². The van der Waals surface area contributed by atoms with E-state index in [1.165, 1.54) is 38.0 Å². The zero-order chi connectivity index (χ0) is 42.2. The Bertz CT molecular complexity index is 3710. The third kappa shape index (κ3) is 7.71. The monoisotopic (exact) mass is 906 g/mol. The van der Waals surface area contributed by atoms with Gasteiger partial charge in [0.15, 0.2) is 0 Å². The SMILES string of the molecule is Brc1ccc2oc3ccccc3c2c1.Cc1ccccc1.Clc1ccc2c(c1)[nH]c1ccccc12.Clc1ccc2c3ccccc3n(-c3ccc4oc5ccccc5c4c3)c2c1. The maximum Gasteiger partial charge on any atom is 0.135 e. The number of benzene rings is 9.